The molecular formula is C18H23N3O2S. The lowest BCUT2D eigenvalue weighted by Crippen LogP contribution is -2.30. The van der Waals surface area contributed by atoms with E-state index in [9.17, 15) is 0 Å². The first kappa shape index (κ1) is 16.6. The van der Waals surface area contributed by atoms with Gasteiger partial charge in [0.15, 0.2) is 17.5 Å². The Balaban J connectivity index is 1.71. The fourth-order valence-corrected chi connectivity index (χ4v) is 3.23. The molecule has 2 heterocycles. The molecule has 0 bridgehead atoms. The summed E-state index contributed by atoms with van der Waals surface area (Å²) in [6.07, 6.45) is 0.905. The summed E-state index contributed by atoms with van der Waals surface area (Å²) in [6, 6.07) is 10.1. The highest BCUT2D eigenvalue weighted by atomic mass is 32.1. The van der Waals surface area contributed by atoms with Crippen LogP contribution in [0, 0.1) is 6.92 Å². The van der Waals surface area contributed by atoms with Gasteiger partial charge in [0, 0.05) is 34.5 Å². The summed E-state index contributed by atoms with van der Waals surface area (Å²) in [7, 11) is 0. The molecule has 6 heteroatoms. The Bertz CT molecular complexity index is 712. The van der Waals surface area contributed by atoms with Gasteiger partial charge in [-0.3, -0.25) is 0 Å². The lowest BCUT2D eigenvalue weighted by molar-refractivity contribution is 0.297. The molecule has 1 aromatic carbocycles. The molecule has 0 unspecified atom stereocenters. The number of ether oxygens (including phenoxy) is 2. The smallest absolute Gasteiger partial charge is 0.196 e. The Labute approximate surface area is 146 Å². The average molecular weight is 345 g/mol. The van der Waals surface area contributed by atoms with E-state index in [4.69, 9.17) is 9.47 Å². The molecule has 1 aliphatic heterocycles. The number of rotatable bonds is 4. The lowest BCUT2D eigenvalue weighted by atomic mass is 10.3. The van der Waals surface area contributed by atoms with Crippen LogP contribution < -0.4 is 20.1 Å². The zero-order chi connectivity index (χ0) is 16.8. The highest BCUT2D eigenvalue weighted by molar-refractivity contribution is 7.11. The number of guanidine groups is 1. The first-order chi connectivity index (χ1) is 11.7. The molecule has 24 heavy (non-hydrogen) atoms. The second kappa shape index (κ2) is 8.06. The van der Waals surface area contributed by atoms with Gasteiger partial charge in [-0.15, -0.1) is 11.3 Å². The van der Waals surface area contributed by atoms with E-state index in [0.29, 0.717) is 19.8 Å². The van der Waals surface area contributed by atoms with E-state index in [1.807, 2.05) is 18.2 Å². The Morgan fingerprint density at radius 1 is 1.17 bits per heavy atom. The largest absolute Gasteiger partial charge is 0.490 e. The number of aryl methyl sites for hydroxylation is 1. The van der Waals surface area contributed by atoms with Crippen LogP contribution in [0.1, 0.15) is 23.1 Å². The number of fused-ring (bicyclic) bond motifs is 1. The molecule has 0 spiro atoms. The summed E-state index contributed by atoms with van der Waals surface area (Å²) in [5.74, 6) is 2.34. The van der Waals surface area contributed by atoms with Crippen LogP contribution in [-0.2, 0) is 6.54 Å². The highest BCUT2D eigenvalue weighted by Crippen LogP contribution is 2.32. The molecule has 0 aliphatic carbocycles. The van der Waals surface area contributed by atoms with Crippen molar-refractivity contribution in [1.82, 2.24) is 5.32 Å². The Kier molecular flexibility index (Phi) is 5.59. The highest BCUT2D eigenvalue weighted by Gasteiger charge is 2.11. The van der Waals surface area contributed by atoms with E-state index in [-0.39, 0.29) is 0 Å². The van der Waals surface area contributed by atoms with Crippen LogP contribution in [0.2, 0.25) is 0 Å². The molecule has 2 aromatic rings. The normalized spacial score (nSPS) is 14.2. The minimum atomic E-state index is 0.665. The van der Waals surface area contributed by atoms with Crippen LogP contribution in [0.3, 0.4) is 0 Å². The fraction of sp³-hybridized carbons (Fsp3) is 0.389. The number of nitrogens with one attached hydrogen (secondary N) is 2. The molecule has 2 N–H and O–H groups in total. The van der Waals surface area contributed by atoms with Gasteiger partial charge in [-0.1, -0.05) is 0 Å². The molecule has 1 aromatic heterocycles. The van der Waals surface area contributed by atoms with Gasteiger partial charge < -0.3 is 20.1 Å². The van der Waals surface area contributed by atoms with Crippen LogP contribution in [0.5, 0.6) is 11.5 Å². The van der Waals surface area contributed by atoms with Crippen molar-refractivity contribution in [2.45, 2.75) is 26.8 Å². The van der Waals surface area contributed by atoms with Crippen molar-refractivity contribution in [2.75, 3.05) is 25.1 Å². The SMILES string of the molecule is CCNC(=NCc1ccc(C)s1)Nc1ccc2c(c1)OCCCO2. The van der Waals surface area contributed by atoms with Crippen molar-refractivity contribution in [3.63, 3.8) is 0 Å². The second-order valence-corrected chi connectivity index (χ2v) is 6.92. The van der Waals surface area contributed by atoms with Crippen molar-refractivity contribution in [2.24, 2.45) is 4.99 Å². The molecule has 0 amide bonds. The van der Waals surface area contributed by atoms with E-state index in [0.717, 1.165) is 36.1 Å². The van der Waals surface area contributed by atoms with Crippen molar-refractivity contribution >= 4 is 23.0 Å². The topological polar surface area (TPSA) is 54.9 Å². The van der Waals surface area contributed by atoms with Gasteiger partial charge in [0.2, 0.25) is 0 Å². The van der Waals surface area contributed by atoms with E-state index in [1.165, 1.54) is 9.75 Å². The van der Waals surface area contributed by atoms with Crippen LogP contribution in [0.25, 0.3) is 0 Å². The van der Waals surface area contributed by atoms with Crippen LogP contribution in [-0.4, -0.2) is 25.7 Å². The summed E-state index contributed by atoms with van der Waals surface area (Å²) >= 11 is 1.78. The molecule has 1 aliphatic rings. The van der Waals surface area contributed by atoms with E-state index >= 15 is 0 Å². The lowest BCUT2D eigenvalue weighted by Gasteiger charge is -2.13. The third-order valence-electron chi connectivity index (χ3n) is 3.54. The minimum absolute atomic E-state index is 0.665. The zero-order valence-electron chi connectivity index (χ0n) is 14.1. The Morgan fingerprint density at radius 2 is 2.00 bits per heavy atom. The van der Waals surface area contributed by atoms with E-state index in [2.05, 4.69) is 41.6 Å². The van der Waals surface area contributed by atoms with Gasteiger partial charge in [0.25, 0.3) is 0 Å². The number of hydrogen-bond donors (Lipinski definition) is 2. The van der Waals surface area contributed by atoms with Crippen molar-refractivity contribution in [1.29, 1.82) is 0 Å². The number of anilines is 1. The predicted molar refractivity (Wildman–Crippen MR) is 99.5 cm³/mol. The first-order valence-electron chi connectivity index (χ1n) is 8.25. The average Bonchev–Trinajstić information content (AvgIpc) is 2.85. The summed E-state index contributed by atoms with van der Waals surface area (Å²) in [4.78, 5) is 7.22. The Hall–Kier alpha value is -2.21. The minimum Gasteiger partial charge on any atom is -0.490 e. The molecule has 0 atom stereocenters. The maximum atomic E-state index is 5.74. The van der Waals surface area contributed by atoms with Crippen LogP contribution in [0.15, 0.2) is 35.3 Å². The van der Waals surface area contributed by atoms with E-state index < -0.39 is 0 Å². The van der Waals surface area contributed by atoms with Gasteiger partial charge in [0.05, 0.1) is 19.8 Å². The fourth-order valence-electron chi connectivity index (χ4n) is 2.41. The molecular weight excluding hydrogens is 322 g/mol. The van der Waals surface area contributed by atoms with Crippen LogP contribution >= 0.6 is 11.3 Å². The molecule has 128 valence electrons. The quantitative estimate of drug-likeness (QED) is 0.654. The molecule has 5 nitrogen and oxygen atoms in total. The maximum Gasteiger partial charge on any atom is 0.196 e. The molecule has 3 rings (SSSR count). The summed E-state index contributed by atoms with van der Waals surface area (Å²) in [5.41, 5.74) is 0.932. The summed E-state index contributed by atoms with van der Waals surface area (Å²) in [6.45, 7) is 7.02. The van der Waals surface area contributed by atoms with Gasteiger partial charge in [-0.05, 0) is 38.1 Å². The Morgan fingerprint density at radius 3 is 2.75 bits per heavy atom. The van der Waals surface area contributed by atoms with Gasteiger partial charge in [-0.2, -0.15) is 0 Å². The van der Waals surface area contributed by atoms with Gasteiger partial charge >= 0.3 is 0 Å². The molecule has 0 saturated heterocycles. The molecule has 0 radical (unpaired) electrons. The third kappa shape index (κ3) is 4.41. The molecule has 0 fully saturated rings. The predicted octanol–water partition coefficient (Wildman–Crippen LogP) is 3.80. The van der Waals surface area contributed by atoms with Crippen LogP contribution in [0.4, 0.5) is 5.69 Å². The van der Waals surface area contributed by atoms with Gasteiger partial charge in [0.1, 0.15) is 0 Å². The number of hydrogen-bond acceptors (Lipinski definition) is 4. The van der Waals surface area contributed by atoms with Crippen molar-refractivity contribution in [3.8, 4) is 11.5 Å². The number of benzene rings is 1. The first-order valence-corrected chi connectivity index (χ1v) is 9.06. The zero-order valence-corrected chi connectivity index (χ0v) is 14.9. The number of nitrogens with zero attached hydrogens (tertiary/aromatic N) is 1. The number of thiophene rings is 1. The van der Waals surface area contributed by atoms with Crippen molar-refractivity contribution in [3.05, 3.63) is 40.1 Å². The monoisotopic (exact) mass is 345 g/mol. The van der Waals surface area contributed by atoms with Crippen molar-refractivity contribution < 1.29 is 9.47 Å². The van der Waals surface area contributed by atoms with Gasteiger partial charge in [-0.25, -0.2) is 4.99 Å². The summed E-state index contributed by atoms with van der Waals surface area (Å²) < 4.78 is 11.4. The van der Waals surface area contributed by atoms with E-state index in [1.54, 1.807) is 11.3 Å². The third-order valence-corrected chi connectivity index (χ3v) is 4.53. The second-order valence-electron chi connectivity index (χ2n) is 5.54. The molecule has 0 saturated carbocycles. The number of aliphatic imine (C=N–C) groups is 1. The summed E-state index contributed by atoms with van der Waals surface area (Å²) in [5, 5.41) is 6.61. The standard InChI is InChI=1S/C18H23N3O2S/c1-3-19-18(20-12-15-7-5-13(2)24-15)21-14-6-8-16-17(11-14)23-10-4-9-22-16/h5-8,11H,3-4,9-10,12H2,1-2H3,(H2,19,20,21). The maximum absolute atomic E-state index is 5.74.